The van der Waals surface area contributed by atoms with Crippen molar-refractivity contribution in [1.82, 2.24) is 19.7 Å². The molecular weight excluding hydrogens is 286 g/mol. The lowest BCUT2D eigenvalue weighted by atomic mass is 10.2. The van der Waals surface area contributed by atoms with Crippen LogP contribution in [0.4, 0.5) is 11.5 Å². The number of rotatable bonds is 4. The molecule has 0 fully saturated rings. The third kappa shape index (κ3) is 3.20. The molecule has 2 aromatic heterocycles. The highest BCUT2D eigenvalue weighted by Crippen LogP contribution is 2.21. The zero-order valence-electron chi connectivity index (χ0n) is 11.5. The van der Waals surface area contributed by atoms with Crippen LogP contribution in [0, 0.1) is 0 Å². The molecule has 0 aliphatic rings. The summed E-state index contributed by atoms with van der Waals surface area (Å²) in [5.74, 6) is 1.35. The Kier molecular flexibility index (Phi) is 3.83. The van der Waals surface area contributed by atoms with Crippen molar-refractivity contribution in [3.8, 4) is 11.4 Å². The van der Waals surface area contributed by atoms with Crippen LogP contribution in [0.15, 0.2) is 48.9 Å². The summed E-state index contributed by atoms with van der Waals surface area (Å²) in [4.78, 5) is 8.78. The van der Waals surface area contributed by atoms with E-state index in [0.717, 1.165) is 23.6 Å². The predicted octanol–water partition coefficient (Wildman–Crippen LogP) is 3.76. The van der Waals surface area contributed by atoms with Gasteiger partial charge in [0, 0.05) is 29.5 Å². The molecular formula is C15H14ClN5. The number of benzene rings is 1. The smallest absolute Gasteiger partial charge is 0.161 e. The minimum Gasteiger partial charge on any atom is -0.338 e. The maximum atomic E-state index is 6.00. The van der Waals surface area contributed by atoms with Crippen LogP contribution in [0.1, 0.15) is 6.92 Å². The number of aromatic nitrogens is 4. The lowest BCUT2D eigenvalue weighted by Gasteiger charge is -2.05. The molecule has 3 rings (SSSR count). The van der Waals surface area contributed by atoms with Gasteiger partial charge in [0.1, 0.15) is 5.82 Å². The number of halogens is 1. The minimum atomic E-state index is 0.630. The van der Waals surface area contributed by atoms with Gasteiger partial charge in [0.05, 0.1) is 11.9 Å². The average molecular weight is 300 g/mol. The number of nitrogens with one attached hydrogen (secondary N) is 1. The van der Waals surface area contributed by atoms with E-state index in [4.69, 9.17) is 11.6 Å². The predicted molar refractivity (Wildman–Crippen MR) is 83.7 cm³/mol. The molecule has 0 aliphatic heterocycles. The Morgan fingerprint density at radius 1 is 1.29 bits per heavy atom. The molecule has 2 heterocycles. The van der Waals surface area contributed by atoms with Crippen molar-refractivity contribution in [3.63, 3.8) is 0 Å². The Morgan fingerprint density at radius 2 is 2.19 bits per heavy atom. The summed E-state index contributed by atoms with van der Waals surface area (Å²) in [6, 6.07) is 9.30. The van der Waals surface area contributed by atoms with Gasteiger partial charge in [0.2, 0.25) is 0 Å². The van der Waals surface area contributed by atoms with Gasteiger partial charge in [-0.3, -0.25) is 4.68 Å². The normalized spacial score (nSPS) is 10.6. The lowest BCUT2D eigenvalue weighted by Crippen LogP contribution is -1.96. The molecule has 0 saturated carbocycles. The van der Waals surface area contributed by atoms with Crippen LogP contribution < -0.4 is 5.32 Å². The summed E-state index contributed by atoms with van der Waals surface area (Å²) in [7, 11) is 0. The van der Waals surface area contributed by atoms with Crippen LogP contribution in [0.2, 0.25) is 5.02 Å². The molecule has 3 aromatic rings. The zero-order valence-corrected chi connectivity index (χ0v) is 12.2. The second-order valence-corrected chi connectivity index (χ2v) is 4.92. The summed E-state index contributed by atoms with van der Waals surface area (Å²) >= 11 is 6.00. The van der Waals surface area contributed by atoms with Crippen LogP contribution in [0.25, 0.3) is 11.4 Å². The summed E-state index contributed by atoms with van der Waals surface area (Å²) in [6.45, 7) is 2.87. The van der Waals surface area contributed by atoms with Gasteiger partial charge in [0.15, 0.2) is 5.82 Å². The Labute approximate surface area is 127 Å². The van der Waals surface area contributed by atoms with E-state index in [1.807, 2.05) is 48.1 Å². The van der Waals surface area contributed by atoms with Crippen LogP contribution in [-0.2, 0) is 6.54 Å². The van der Waals surface area contributed by atoms with E-state index in [-0.39, 0.29) is 0 Å². The van der Waals surface area contributed by atoms with E-state index in [0.29, 0.717) is 10.8 Å². The van der Waals surface area contributed by atoms with Crippen molar-refractivity contribution in [1.29, 1.82) is 0 Å². The monoisotopic (exact) mass is 299 g/mol. The quantitative estimate of drug-likeness (QED) is 0.797. The Morgan fingerprint density at radius 3 is 2.95 bits per heavy atom. The average Bonchev–Trinajstić information content (AvgIpc) is 2.95. The Bertz CT molecular complexity index is 753. The number of nitrogens with zero attached hydrogens (tertiary/aromatic N) is 4. The van der Waals surface area contributed by atoms with Gasteiger partial charge in [-0.25, -0.2) is 9.97 Å². The second-order valence-electron chi connectivity index (χ2n) is 4.49. The highest BCUT2D eigenvalue weighted by molar-refractivity contribution is 6.30. The van der Waals surface area contributed by atoms with Crippen molar-refractivity contribution in [2.45, 2.75) is 13.5 Å². The van der Waals surface area contributed by atoms with Gasteiger partial charge in [-0.1, -0.05) is 23.7 Å². The molecule has 0 saturated heterocycles. The molecule has 21 heavy (non-hydrogen) atoms. The maximum absolute atomic E-state index is 6.00. The third-order valence-electron chi connectivity index (χ3n) is 2.97. The van der Waals surface area contributed by atoms with Crippen LogP contribution in [-0.4, -0.2) is 19.7 Å². The van der Waals surface area contributed by atoms with Gasteiger partial charge in [0.25, 0.3) is 0 Å². The van der Waals surface area contributed by atoms with E-state index in [9.17, 15) is 0 Å². The van der Waals surface area contributed by atoms with Crippen molar-refractivity contribution in [2.75, 3.05) is 5.32 Å². The molecule has 6 heteroatoms. The number of hydrogen-bond acceptors (Lipinski definition) is 4. The third-order valence-corrected chi connectivity index (χ3v) is 3.20. The second kappa shape index (κ2) is 5.93. The Hall–Kier alpha value is -2.40. The summed E-state index contributed by atoms with van der Waals surface area (Å²) in [5.41, 5.74) is 1.78. The van der Waals surface area contributed by atoms with E-state index in [1.165, 1.54) is 0 Å². The fourth-order valence-corrected chi connectivity index (χ4v) is 2.13. The standard InChI is InChI=1S/C15H14ClN5/c1-2-21-10-13(9-18-21)19-14-6-7-17-15(20-14)11-4-3-5-12(16)8-11/h3-10H,2H2,1H3,(H,17,19,20). The van der Waals surface area contributed by atoms with Crippen molar-refractivity contribution < 1.29 is 0 Å². The Balaban J connectivity index is 1.86. The molecule has 1 aromatic carbocycles. The molecule has 5 nitrogen and oxygen atoms in total. The number of hydrogen-bond donors (Lipinski definition) is 1. The van der Waals surface area contributed by atoms with Crippen molar-refractivity contribution in [2.24, 2.45) is 0 Å². The number of anilines is 2. The summed E-state index contributed by atoms with van der Waals surface area (Å²) < 4.78 is 1.85. The fraction of sp³-hybridized carbons (Fsp3) is 0.133. The molecule has 0 aliphatic carbocycles. The van der Waals surface area contributed by atoms with Crippen molar-refractivity contribution >= 4 is 23.1 Å². The molecule has 0 bridgehead atoms. The highest BCUT2D eigenvalue weighted by Gasteiger charge is 2.04. The molecule has 0 radical (unpaired) electrons. The largest absolute Gasteiger partial charge is 0.338 e. The minimum absolute atomic E-state index is 0.630. The van der Waals surface area contributed by atoms with E-state index >= 15 is 0 Å². The van der Waals surface area contributed by atoms with E-state index < -0.39 is 0 Å². The van der Waals surface area contributed by atoms with Gasteiger partial charge < -0.3 is 5.32 Å². The molecule has 0 spiro atoms. The molecule has 0 amide bonds. The molecule has 0 unspecified atom stereocenters. The van der Waals surface area contributed by atoms with Crippen LogP contribution in [0.3, 0.4) is 0 Å². The number of aryl methyl sites for hydroxylation is 1. The first kappa shape index (κ1) is 13.6. The molecule has 0 atom stereocenters. The maximum Gasteiger partial charge on any atom is 0.161 e. The van der Waals surface area contributed by atoms with E-state index in [2.05, 4.69) is 20.4 Å². The van der Waals surface area contributed by atoms with Crippen LogP contribution >= 0.6 is 11.6 Å². The SMILES string of the molecule is CCn1cc(Nc2ccnc(-c3cccc(Cl)c3)n2)cn1. The molecule has 1 N–H and O–H groups in total. The first-order valence-electron chi connectivity index (χ1n) is 6.63. The molecule has 106 valence electrons. The van der Waals surface area contributed by atoms with Gasteiger partial charge in [-0.2, -0.15) is 5.10 Å². The first-order chi connectivity index (χ1) is 10.2. The van der Waals surface area contributed by atoms with Gasteiger partial charge >= 0.3 is 0 Å². The highest BCUT2D eigenvalue weighted by atomic mass is 35.5. The zero-order chi connectivity index (χ0) is 14.7. The fourth-order valence-electron chi connectivity index (χ4n) is 1.94. The van der Waals surface area contributed by atoms with Crippen LogP contribution in [0.5, 0.6) is 0 Å². The first-order valence-corrected chi connectivity index (χ1v) is 7.01. The van der Waals surface area contributed by atoms with Crippen molar-refractivity contribution in [3.05, 3.63) is 53.9 Å². The van der Waals surface area contributed by atoms with E-state index in [1.54, 1.807) is 12.4 Å². The van der Waals surface area contributed by atoms with Gasteiger partial charge in [-0.05, 0) is 25.1 Å². The van der Waals surface area contributed by atoms with Gasteiger partial charge in [-0.15, -0.1) is 0 Å². The summed E-state index contributed by atoms with van der Waals surface area (Å²) in [6.07, 6.45) is 5.42. The summed E-state index contributed by atoms with van der Waals surface area (Å²) in [5, 5.41) is 8.10. The topological polar surface area (TPSA) is 55.6 Å². The lowest BCUT2D eigenvalue weighted by molar-refractivity contribution is 0.660.